The standard InChI is InChI=1S/C12H18N2O2/c1-16-12-7-6-10(13-14-12)11(15)8-9-4-2-3-5-9/h6-7,9,11,15H,2-5,8H2,1H3. The van der Waals surface area contributed by atoms with Gasteiger partial charge in [0.25, 0.3) is 0 Å². The Kier molecular flexibility index (Phi) is 3.72. The van der Waals surface area contributed by atoms with Gasteiger partial charge in [0.2, 0.25) is 5.88 Å². The summed E-state index contributed by atoms with van der Waals surface area (Å²) in [5.41, 5.74) is 0.646. The molecule has 1 unspecified atom stereocenters. The fraction of sp³-hybridized carbons (Fsp3) is 0.667. The number of ether oxygens (including phenoxy) is 1. The third kappa shape index (κ3) is 2.70. The fourth-order valence-electron chi connectivity index (χ4n) is 2.30. The largest absolute Gasteiger partial charge is 0.480 e. The maximum atomic E-state index is 10.0. The van der Waals surface area contributed by atoms with Crippen LogP contribution in [0.25, 0.3) is 0 Å². The van der Waals surface area contributed by atoms with E-state index in [1.165, 1.54) is 25.7 Å². The van der Waals surface area contributed by atoms with E-state index < -0.39 is 6.10 Å². The Labute approximate surface area is 95.7 Å². The second kappa shape index (κ2) is 5.25. The van der Waals surface area contributed by atoms with Crippen LogP contribution in [0, 0.1) is 5.92 Å². The van der Waals surface area contributed by atoms with Crippen molar-refractivity contribution in [2.75, 3.05) is 7.11 Å². The molecule has 0 aromatic carbocycles. The fourth-order valence-corrected chi connectivity index (χ4v) is 2.30. The molecule has 0 spiro atoms. The van der Waals surface area contributed by atoms with Crippen LogP contribution >= 0.6 is 0 Å². The summed E-state index contributed by atoms with van der Waals surface area (Å²) in [6, 6.07) is 3.52. The minimum atomic E-state index is -0.485. The van der Waals surface area contributed by atoms with Crippen LogP contribution in [0.4, 0.5) is 0 Å². The second-order valence-corrected chi connectivity index (χ2v) is 4.40. The number of aliphatic hydroxyl groups excluding tert-OH is 1. The van der Waals surface area contributed by atoms with Crippen molar-refractivity contribution in [3.8, 4) is 5.88 Å². The molecule has 1 atom stereocenters. The van der Waals surface area contributed by atoms with Gasteiger partial charge in [0.1, 0.15) is 0 Å². The van der Waals surface area contributed by atoms with Crippen molar-refractivity contribution < 1.29 is 9.84 Å². The predicted molar refractivity (Wildman–Crippen MR) is 60.1 cm³/mol. The van der Waals surface area contributed by atoms with Gasteiger partial charge in [-0.25, -0.2) is 0 Å². The van der Waals surface area contributed by atoms with Crippen molar-refractivity contribution in [3.63, 3.8) is 0 Å². The van der Waals surface area contributed by atoms with Crippen LogP contribution in [0.15, 0.2) is 12.1 Å². The predicted octanol–water partition coefficient (Wildman–Crippen LogP) is 2.10. The minimum Gasteiger partial charge on any atom is -0.480 e. The number of nitrogens with zero attached hydrogens (tertiary/aromatic N) is 2. The van der Waals surface area contributed by atoms with Gasteiger partial charge < -0.3 is 9.84 Å². The number of aromatic nitrogens is 2. The van der Waals surface area contributed by atoms with Crippen molar-refractivity contribution in [1.29, 1.82) is 0 Å². The smallest absolute Gasteiger partial charge is 0.233 e. The van der Waals surface area contributed by atoms with E-state index in [9.17, 15) is 5.11 Å². The molecule has 0 bridgehead atoms. The first kappa shape index (κ1) is 11.3. The van der Waals surface area contributed by atoms with Crippen LogP contribution in [-0.4, -0.2) is 22.4 Å². The zero-order valence-corrected chi connectivity index (χ0v) is 9.59. The highest BCUT2D eigenvalue weighted by atomic mass is 16.5. The maximum absolute atomic E-state index is 10.0. The molecular weight excluding hydrogens is 204 g/mol. The highest BCUT2D eigenvalue weighted by Crippen LogP contribution is 2.32. The number of methoxy groups -OCH3 is 1. The van der Waals surface area contributed by atoms with Crippen molar-refractivity contribution in [2.24, 2.45) is 5.92 Å². The van der Waals surface area contributed by atoms with Crippen molar-refractivity contribution >= 4 is 0 Å². The van der Waals surface area contributed by atoms with Gasteiger partial charge in [0, 0.05) is 6.07 Å². The minimum absolute atomic E-state index is 0.483. The number of hydrogen-bond acceptors (Lipinski definition) is 4. The van der Waals surface area contributed by atoms with Gasteiger partial charge in [-0.1, -0.05) is 25.7 Å². The highest BCUT2D eigenvalue weighted by molar-refractivity contribution is 5.13. The normalized spacial score (nSPS) is 18.6. The van der Waals surface area contributed by atoms with E-state index in [1.807, 2.05) is 0 Å². The molecule has 1 aromatic heterocycles. The Morgan fingerprint density at radius 3 is 2.69 bits per heavy atom. The van der Waals surface area contributed by atoms with Crippen molar-refractivity contribution in [2.45, 2.75) is 38.2 Å². The third-order valence-corrected chi connectivity index (χ3v) is 3.24. The maximum Gasteiger partial charge on any atom is 0.233 e. The molecule has 1 saturated carbocycles. The Morgan fingerprint density at radius 1 is 1.38 bits per heavy atom. The Balaban J connectivity index is 1.94. The molecule has 0 aliphatic heterocycles. The molecule has 4 heteroatoms. The van der Waals surface area contributed by atoms with Gasteiger partial charge in [0.15, 0.2) is 0 Å². The van der Waals surface area contributed by atoms with E-state index in [1.54, 1.807) is 19.2 Å². The zero-order valence-electron chi connectivity index (χ0n) is 9.59. The van der Waals surface area contributed by atoms with Crippen LogP contribution in [0.5, 0.6) is 5.88 Å². The van der Waals surface area contributed by atoms with Gasteiger partial charge in [-0.15, -0.1) is 10.2 Å². The molecule has 4 nitrogen and oxygen atoms in total. The van der Waals surface area contributed by atoms with Crippen LogP contribution in [0.1, 0.15) is 43.9 Å². The van der Waals surface area contributed by atoms with Crippen molar-refractivity contribution in [1.82, 2.24) is 10.2 Å². The summed E-state index contributed by atoms with van der Waals surface area (Å²) in [6.07, 6.45) is 5.39. The summed E-state index contributed by atoms with van der Waals surface area (Å²) in [7, 11) is 1.55. The van der Waals surface area contributed by atoms with E-state index in [0.29, 0.717) is 17.5 Å². The van der Waals surface area contributed by atoms with Gasteiger partial charge in [-0.2, -0.15) is 0 Å². The number of rotatable bonds is 4. The van der Waals surface area contributed by atoms with Gasteiger partial charge in [0.05, 0.1) is 18.9 Å². The first-order chi connectivity index (χ1) is 7.79. The van der Waals surface area contributed by atoms with E-state index >= 15 is 0 Å². The first-order valence-electron chi connectivity index (χ1n) is 5.85. The quantitative estimate of drug-likeness (QED) is 0.847. The third-order valence-electron chi connectivity index (χ3n) is 3.24. The van der Waals surface area contributed by atoms with Gasteiger partial charge in [-0.05, 0) is 18.4 Å². The molecule has 1 aliphatic rings. The van der Waals surface area contributed by atoms with Crippen LogP contribution in [-0.2, 0) is 0 Å². The Morgan fingerprint density at radius 2 is 2.12 bits per heavy atom. The Hall–Kier alpha value is -1.16. The summed E-state index contributed by atoms with van der Waals surface area (Å²) >= 11 is 0. The zero-order chi connectivity index (χ0) is 11.4. The van der Waals surface area contributed by atoms with E-state index in [-0.39, 0.29) is 0 Å². The summed E-state index contributed by atoms with van der Waals surface area (Å²) < 4.78 is 4.93. The van der Waals surface area contributed by atoms with Crippen LogP contribution in [0.3, 0.4) is 0 Å². The molecule has 16 heavy (non-hydrogen) atoms. The highest BCUT2D eigenvalue weighted by Gasteiger charge is 2.20. The topological polar surface area (TPSA) is 55.2 Å². The second-order valence-electron chi connectivity index (χ2n) is 4.40. The van der Waals surface area contributed by atoms with Crippen LogP contribution < -0.4 is 4.74 Å². The lowest BCUT2D eigenvalue weighted by molar-refractivity contribution is 0.139. The molecule has 0 radical (unpaired) electrons. The molecule has 1 N–H and O–H groups in total. The summed E-state index contributed by atoms with van der Waals surface area (Å²) in [4.78, 5) is 0. The summed E-state index contributed by atoms with van der Waals surface area (Å²) in [5, 5.41) is 17.8. The molecule has 0 amide bonds. The average molecular weight is 222 g/mol. The first-order valence-corrected chi connectivity index (χ1v) is 5.85. The van der Waals surface area contributed by atoms with Crippen LogP contribution in [0.2, 0.25) is 0 Å². The van der Waals surface area contributed by atoms with E-state index in [0.717, 1.165) is 6.42 Å². The average Bonchev–Trinajstić information content (AvgIpc) is 2.82. The molecule has 1 aliphatic carbocycles. The lowest BCUT2D eigenvalue weighted by atomic mass is 9.98. The van der Waals surface area contributed by atoms with E-state index in [2.05, 4.69) is 10.2 Å². The monoisotopic (exact) mass is 222 g/mol. The lowest BCUT2D eigenvalue weighted by Gasteiger charge is -2.14. The molecular formula is C12H18N2O2. The van der Waals surface area contributed by atoms with Gasteiger partial charge >= 0.3 is 0 Å². The molecule has 2 rings (SSSR count). The molecule has 1 heterocycles. The van der Waals surface area contributed by atoms with Gasteiger partial charge in [-0.3, -0.25) is 0 Å². The molecule has 88 valence electrons. The number of hydrogen-bond donors (Lipinski definition) is 1. The SMILES string of the molecule is COc1ccc(C(O)CC2CCCC2)nn1. The number of aliphatic hydroxyl groups is 1. The molecule has 1 fully saturated rings. The molecule has 0 saturated heterocycles. The van der Waals surface area contributed by atoms with Crippen molar-refractivity contribution in [3.05, 3.63) is 17.8 Å². The lowest BCUT2D eigenvalue weighted by Crippen LogP contribution is -2.07. The summed E-state index contributed by atoms with van der Waals surface area (Å²) in [5.74, 6) is 1.13. The summed E-state index contributed by atoms with van der Waals surface area (Å²) in [6.45, 7) is 0. The van der Waals surface area contributed by atoms with E-state index in [4.69, 9.17) is 4.74 Å². The molecule has 1 aromatic rings. The Bertz CT molecular complexity index is 320.